The molecule has 22 heavy (non-hydrogen) atoms. The van der Waals surface area contributed by atoms with Crippen LogP contribution >= 0.6 is 0 Å². The molecule has 2 heterocycles. The molecular formula is C16H20N2O4. The fraction of sp³-hybridized carbons (Fsp3) is 0.500. The van der Waals surface area contributed by atoms with E-state index in [0.29, 0.717) is 19.6 Å². The fourth-order valence-electron chi connectivity index (χ4n) is 3.25. The second-order valence-electron chi connectivity index (χ2n) is 6.58. The number of carboxylic acid groups (broad SMARTS) is 1. The Balaban J connectivity index is 1.78. The van der Waals surface area contributed by atoms with Crippen molar-refractivity contribution in [3.05, 3.63) is 35.9 Å². The number of fused-ring (bicyclic) bond motifs is 2. The molecule has 0 saturated carbocycles. The van der Waals surface area contributed by atoms with Crippen LogP contribution in [0.25, 0.3) is 0 Å². The van der Waals surface area contributed by atoms with Gasteiger partial charge in [-0.25, -0.2) is 9.59 Å². The van der Waals surface area contributed by atoms with Gasteiger partial charge in [-0.05, 0) is 17.4 Å². The zero-order chi connectivity index (χ0) is 15.9. The van der Waals surface area contributed by atoms with Gasteiger partial charge in [0.15, 0.2) is 0 Å². The molecule has 2 saturated heterocycles. The minimum absolute atomic E-state index is 0.126. The summed E-state index contributed by atoms with van der Waals surface area (Å²) in [5, 5.41) is 10.7. The van der Waals surface area contributed by atoms with E-state index in [9.17, 15) is 14.7 Å². The maximum Gasteiger partial charge on any atom is 0.345 e. The number of carbonyl (C=O) groups excluding carboxylic acids is 1. The number of carbonyl (C=O) groups is 2. The van der Waals surface area contributed by atoms with Crippen LogP contribution < -0.4 is 0 Å². The molecule has 2 atom stereocenters. The summed E-state index contributed by atoms with van der Waals surface area (Å²) in [5.41, 5.74) is 0.668. The van der Waals surface area contributed by atoms with Crippen molar-refractivity contribution in [3.63, 3.8) is 0 Å². The van der Waals surface area contributed by atoms with E-state index < -0.39 is 12.0 Å². The predicted molar refractivity (Wildman–Crippen MR) is 78.8 cm³/mol. The molecule has 1 aromatic rings. The van der Waals surface area contributed by atoms with Gasteiger partial charge in [0.1, 0.15) is 12.6 Å². The van der Waals surface area contributed by atoms with E-state index in [1.165, 1.54) is 9.96 Å². The summed E-state index contributed by atoms with van der Waals surface area (Å²) < 4.78 is 0. The van der Waals surface area contributed by atoms with Crippen molar-refractivity contribution >= 4 is 12.0 Å². The van der Waals surface area contributed by atoms with Crippen molar-refractivity contribution < 1.29 is 19.5 Å². The van der Waals surface area contributed by atoms with Gasteiger partial charge in [-0.15, -0.1) is 0 Å². The number of piperidine rings is 1. The third kappa shape index (κ3) is 2.43. The van der Waals surface area contributed by atoms with Crippen LogP contribution in [0.2, 0.25) is 0 Å². The third-order valence-corrected chi connectivity index (χ3v) is 4.58. The Morgan fingerprint density at radius 2 is 2.05 bits per heavy atom. The van der Waals surface area contributed by atoms with Gasteiger partial charge in [0.05, 0.1) is 6.04 Å². The first-order valence-electron chi connectivity index (χ1n) is 7.39. The number of hydrogen-bond acceptors (Lipinski definition) is 3. The second-order valence-corrected chi connectivity index (χ2v) is 6.58. The van der Waals surface area contributed by atoms with Crippen molar-refractivity contribution in [2.24, 2.45) is 5.41 Å². The van der Waals surface area contributed by atoms with Crippen LogP contribution in [0.3, 0.4) is 0 Å². The van der Waals surface area contributed by atoms with Crippen molar-refractivity contribution in [2.45, 2.75) is 39.0 Å². The van der Waals surface area contributed by atoms with Gasteiger partial charge in [-0.3, -0.25) is 4.84 Å². The quantitative estimate of drug-likeness (QED) is 0.925. The smallest absolute Gasteiger partial charge is 0.345 e. The standard InChI is InChI=1S/C16H20N2O4/c1-16(2)8-12(14(19)20)17-9-13(16)18(15(17)21)22-10-11-6-4-3-5-7-11/h3-7,12-13H,8-10H2,1-2H3,(H,19,20). The summed E-state index contributed by atoms with van der Waals surface area (Å²) in [6.45, 7) is 4.67. The van der Waals surface area contributed by atoms with Crippen LogP contribution in [0.15, 0.2) is 30.3 Å². The minimum Gasteiger partial charge on any atom is -0.480 e. The number of hydrogen-bond donors (Lipinski definition) is 1. The molecule has 3 rings (SSSR count). The summed E-state index contributed by atoms with van der Waals surface area (Å²) in [4.78, 5) is 31.0. The maximum atomic E-state index is 12.5. The molecule has 0 aromatic heterocycles. The zero-order valence-electron chi connectivity index (χ0n) is 12.7. The monoisotopic (exact) mass is 304 g/mol. The van der Waals surface area contributed by atoms with Gasteiger partial charge >= 0.3 is 12.0 Å². The number of carboxylic acids is 1. The summed E-state index contributed by atoms with van der Waals surface area (Å²) in [5.74, 6) is -0.954. The number of rotatable bonds is 4. The Kier molecular flexibility index (Phi) is 3.56. The Bertz CT molecular complexity index is 587. The van der Waals surface area contributed by atoms with Gasteiger partial charge in [0.25, 0.3) is 0 Å². The molecule has 0 aliphatic carbocycles. The largest absolute Gasteiger partial charge is 0.480 e. The lowest BCUT2D eigenvalue weighted by atomic mass is 9.76. The van der Waals surface area contributed by atoms with E-state index in [4.69, 9.17) is 4.84 Å². The summed E-state index contributed by atoms with van der Waals surface area (Å²) in [6.07, 6.45) is 0.434. The maximum absolute atomic E-state index is 12.5. The molecule has 6 nitrogen and oxygen atoms in total. The van der Waals surface area contributed by atoms with E-state index in [1.807, 2.05) is 44.2 Å². The number of amides is 2. The molecule has 118 valence electrons. The lowest BCUT2D eigenvalue weighted by molar-refractivity contribution is -0.162. The lowest BCUT2D eigenvalue weighted by Crippen LogP contribution is -2.51. The SMILES string of the molecule is CC1(C)CC(C(=O)O)N2CC1N(OCc1ccccc1)C2=O. The number of hydroxylamine groups is 2. The third-order valence-electron chi connectivity index (χ3n) is 4.58. The highest BCUT2D eigenvalue weighted by Crippen LogP contribution is 2.42. The highest BCUT2D eigenvalue weighted by molar-refractivity contribution is 5.84. The minimum atomic E-state index is -0.954. The Morgan fingerprint density at radius 1 is 1.36 bits per heavy atom. The first kappa shape index (κ1) is 14.8. The van der Waals surface area contributed by atoms with Crippen LogP contribution in [0, 0.1) is 5.41 Å². The first-order chi connectivity index (χ1) is 10.4. The molecule has 1 aromatic carbocycles. The van der Waals surface area contributed by atoms with Gasteiger partial charge in [-0.1, -0.05) is 44.2 Å². The van der Waals surface area contributed by atoms with E-state index in [1.54, 1.807) is 0 Å². The number of nitrogens with zero attached hydrogens (tertiary/aromatic N) is 2. The molecule has 2 aliphatic rings. The molecule has 1 N–H and O–H groups in total. The molecule has 0 spiro atoms. The van der Waals surface area contributed by atoms with Crippen molar-refractivity contribution in [1.29, 1.82) is 0 Å². The van der Waals surface area contributed by atoms with Crippen LogP contribution in [0.4, 0.5) is 4.79 Å². The van der Waals surface area contributed by atoms with Gasteiger partial charge < -0.3 is 10.0 Å². The highest BCUT2D eigenvalue weighted by Gasteiger charge is 2.55. The van der Waals surface area contributed by atoms with Crippen LogP contribution in [-0.2, 0) is 16.2 Å². The van der Waals surface area contributed by atoms with Crippen molar-refractivity contribution in [1.82, 2.24) is 9.96 Å². The predicted octanol–water partition coefficient (Wildman–Crippen LogP) is 2.11. The van der Waals surface area contributed by atoms with E-state index in [2.05, 4.69) is 0 Å². The second kappa shape index (κ2) is 5.28. The van der Waals surface area contributed by atoms with E-state index in [0.717, 1.165) is 5.56 Å². The van der Waals surface area contributed by atoms with E-state index in [-0.39, 0.29) is 17.5 Å². The Hall–Kier alpha value is -2.08. The van der Waals surface area contributed by atoms with Crippen LogP contribution in [0.5, 0.6) is 0 Å². The molecule has 6 heteroatoms. The first-order valence-corrected chi connectivity index (χ1v) is 7.39. The van der Waals surface area contributed by atoms with Crippen LogP contribution in [-0.4, -0.2) is 45.7 Å². The molecule has 2 aliphatic heterocycles. The number of aliphatic carboxylic acids is 1. The topological polar surface area (TPSA) is 70.1 Å². The summed E-state index contributed by atoms with van der Waals surface area (Å²) in [7, 11) is 0. The average molecular weight is 304 g/mol. The summed E-state index contributed by atoms with van der Waals surface area (Å²) in [6, 6.07) is 8.36. The van der Waals surface area contributed by atoms with Crippen LogP contribution in [0.1, 0.15) is 25.8 Å². The molecule has 0 radical (unpaired) electrons. The molecule has 2 bridgehead atoms. The van der Waals surface area contributed by atoms with Gasteiger partial charge in [0.2, 0.25) is 0 Å². The van der Waals surface area contributed by atoms with Crippen molar-refractivity contribution in [3.8, 4) is 0 Å². The Morgan fingerprint density at radius 3 is 2.68 bits per heavy atom. The molecule has 2 unspecified atom stereocenters. The van der Waals surface area contributed by atoms with Gasteiger partial charge in [0, 0.05) is 6.54 Å². The average Bonchev–Trinajstić information content (AvgIpc) is 2.77. The fourth-order valence-corrected chi connectivity index (χ4v) is 3.25. The van der Waals surface area contributed by atoms with Gasteiger partial charge in [-0.2, -0.15) is 5.06 Å². The zero-order valence-corrected chi connectivity index (χ0v) is 12.7. The Labute approximate surface area is 129 Å². The normalized spacial score (nSPS) is 26.4. The highest BCUT2D eigenvalue weighted by atomic mass is 16.7. The van der Waals surface area contributed by atoms with Crippen molar-refractivity contribution in [2.75, 3.05) is 6.54 Å². The summed E-state index contributed by atoms with van der Waals surface area (Å²) >= 11 is 0. The number of urea groups is 1. The molecule has 2 amide bonds. The molecular weight excluding hydrogens is 284 g/mol. The molecule has 2 fully saturated rings. The van der Waals surface area contributed by atoms with E-state index >= 15 is 0 Å². The number of benzene rings is 1. The lowest BCUT2D eigenvalue weighted by Gasteiger charge is -2.40.